The van der Waals surface area contributed by atoms with Gasteiger partial charge in [-0.05, 0) is 23.8 Å². The number of hydrogen-bond acceptors (Lipinski definition) is 3. The Balaban J connectivity index is 2.57. The largest absolute Gasteiger partial charge is 0.416 e. The quantitative estimate of drug-likeness (QED) is 0.623. The minimum atomic E-state index is -4.50. The van der Waals surface area contributed by atoms with E-state index in [1.54, 1.807) is 18.2 Å². The summed E-state index contributed by atoms with van der Waals surface area (Å²) in [5, 5.41) is 0.296. The highest BCUT2D eigenvalue weighted by molar-refractivity contribution is 9.10. The minimum Gasteiger partial charge on any atom is -0.271 e. The van der Waals surface area contributed by atoms with Crippen LogP contribution in [0.5, 0.6) is 0 Å². The van der Waals surface area contributed by atoms with Crippen molar-refractivity contribution < 1.29 is 13.2 Å². The summed E-state index contributed by atoms with van der Waals surface area (Å²) in [6.45, 7) is 0. The molecule has 0 saturated heterocycles. The minimum absolute atomic E-state index is 0.0864. The van der Waals surface area contributed by atoms with E-state index in [9.17, 15) is 13.2 Å². The fourth-order valence-electron chi connectivity index (χ4n) is 1.98. The molecule has 3 nitrogen and oxygen atoms in total. The molecule has 0 fully saturated rings. The van der Waals surface area contributed by atoms with Gasteiger partial charge in [-0.2, -0.15) is 13.2 Å². The lowest BCUT2D eigenvalue weighted by molar-refractivity contribution is -0.138. The number of benzene rings is 1. The molecule has 0 bridgehead atoms. The van der Waals surface area contributed by atoms with Crippen molar-refractivity contribution in [1.29, 1.82) is 0 Å². The lowest BCUT2D eigenvalue weighted by Gasteiger charge is -2.22. The van der Waals surface area contributed by atoms with Crippen LogP contribution in [-0.2, 0) is 6.18 Å². The lowest BCUT2D eigenvalue weighted by Crippen LogP contribution is -2.31. The van der Waals surface area contributed by atoms with Crippen LogP contribution in [0.2, 0.25) is 5.02 Å². The van der Waals surface area contributed by atoms with Gasteiger partial charge in [-0.1, -0.05) is 33.6 Å². The maximum atomic E-state index is 13.1. The van der Waals surface area contributed by atoms with Gasteiger partial charge in [-0.25, -0.2) is 5.43 Å². The normalized spacial score (nSPS) is 13.2. The summed E-state index contributed by atoms with van der Waals surface area (Å²) >= 11 is 9.33. The number of pyridine rings is 1. The molecular weight excluding hydrogens is 371 g/mol. The maximum Gasteiger partial charge on any atom is 0.416 e. The number of hydrazine groups is 1. The lowest BCUT2D eigenvalue weighted by atomic mass is 9.96. The predicted octanol–water partition coefficient (Wildman–Crippen LogP) is 4.07. The molecule has 0 amide bonds. The summed E-state index contributed by atoms with van der Waals surface area (Å²) in [7, 11) is 0. The molecule has 1 aromatic carbocycles. The van der Waals surface area contributed by atoms with Gasteiger partial charge in [-0.3, -0.25) is 10.8 Å². The third-order valence-electron chi connectivity index (χ3n) is 2.91. The molecule has 1 heterocycles. The van der Waals surface area contributed by atoms with Crippen LogP contribution in [0.25, 0.3) is 0 Å². The van der Waals surface area contributed by atoms with E-state index >= 15 is 0 Å². The molecule has 0 saturated carbocycles. The van der Waals surface area contributed by atoms with Crippen LogP contribution in [0, 0.1) is 0 Å². The number of aromatic nitrogens is 1. The highest BCUT2D eigenvalue weighted by Crippen LogP contribution is 2.37. The van der Waals surface area contributed by atoms with E-state index in [2.05, 4.69) is 26.3 Å². The van der Waals surface area contributed by atoms with Gasteiger partial charge in [-0.15, -0.1) is 0 Å². The standard InChI is InChI=1S/C13H10BrClF3N3/c14-7-1-2-8(11(15)5-7)12(21-19)9-6-20-4-3-10(9)13(16,17)18/h1-6,12,21H,19H2. The number of rotatable bonds is 3. The van der Waals surface area contributed by atoms with Gasteiger partial charge in [0.05, 0.1) is 11.6 Å². The molecule has 1 aromatic heterocycles. The van der Waals surface area contributed by atoms with E-state index in [0.29, 0.717) is 15.1 Å². The number of nitrogens with one attached hydrogen (secondary N) is 1. The second kappa shape index (κ2) is 6.31. The molecule has 0 aliphatic heterocycles. The van der Waals surface area contributed by atoms with Gasteiger partial charge in [0.25, 0.3) is 0 Å². The average Bonchev–Trinajstić information content (AvgIpc) is 2.41. The number of nitrogens with zero attached hydrogens (tertiary/aromatic N) is 1. The van der Waals surface area contributed by atoms with Crippen LogP contribution < -0.4 is 11.3 Å². The Kier molecular flexibility index (Phi) is 4.88. The molecular formula is C13H10BrClF3N3. The first-order chi connectivity index (χ1) is 9.84. The van der Waals surface area contributed by atoms with Gasteiger partial charge < -0.3 is 0 Å². The number of nitrogens with two attached hydrogens (primary N) is 1. The van der Waals surface area contributed by atoms with Gasteiger partial charge in [0.2, 0.25) is 0 Å². The molecule has 8 heteroatoms. The Bertz CT molecular complexity index is 649. The molecule has 0 aliphatic carbocycles. The van der Waals surface area contributed by atoms with Crippen molar-refractivity contribution >= 4 is 27.5 Å². The van der Waals surface area contributed by atoms with Gasteiger partial charge >= 0.3 is 6.18 Å². The molecule has 3 N–H and O–H groups in total. The third-order valence-corrected chi connectivity index (χ3v) is 3.73. The first-order valence-corrected chi connectivity index (χ1v) is 6.94. The van der Waals surface area contributed by atoms with Crippen molar-refractivity contribution in [1.82, 2.24) is 10.4 Å². The van der Waals surface area contributed by atoms with Crippen LogP contribution >= 0.6 is 27.5 Å². The summed E-state index contributed by atoms with van der Waals surface area (Å²) in [5.74, 6) is 5.44. The van der Waals surface area contributed by atoms with E-state index in [1.807, 2.05) is 0 Å². The molecule has 112 valence electrons. The molecule has 0 spiro atoms. The van der Waals surface area contributed by atoms with Crippen molar-refractivity contribution in [2.75, 3.05) is 0 Å². The molecule has 2 aromatic rings. The van der Waals surface area contributed by atoms with Crippen LogP contribution in [0.4, 0.5) is 13.2 Å². The Morgan fingerprint density at radius 1 is 1.24 bits per heavy atom. The monoisotopic (exact) mass is 379 g/mol. The van der Waals surface area contributed by atoms with E-state index < -0.39 is 17.8 Å². The Hall–Kier alpha value is -1.15. The third kappa shape index (κ3) is 3.55. The molecule has 2 rings (SSSR count). The fraction of sp³-hybridized carbons (Fsp3) is 0.154. The Morgan fingerprint density at radius 2 is 1.95 bits per heavy atom. The van der Waals surface area contributed by atoms with Gasteiger partial charge in [0.15, 0.2) is 0 Å². The van der Waals surface area contributed by atoms with Crippen molar-refractivity contribution in [3.05, 3.63) is 62.8 Å². The van der Waals surface area contributed by atoms with E-state index in [0.717, 1.165) is 18.5 Å². The molecule has 21 heavy (non-hydrogen) atoms. The summed E-state index contributed by atoms with van der Waals surface area (Å²) in [5.41, 5.74) is 1.91. The zero-order valence-corrected chi connectivity index (χ0v) is 12.8. The molecule has 1 unspecified atom stereocenters. The summed E-state index contributed by atoms with van der Waals surface area (Å²) in [6.07, 6.45) is -2.29. The summed E-state index contributed by atoms with van der Waals surface area (Å²) in [6, 6.07) is 4.85. The summed E-state index contributed by atoms with van der Waals surface area (Å²) in [4.78, 5) is 3.75. The Labute approximate surface area is 132 Å². The molecule has 0 aliphatic rings. The molecule has 0 radical (unpaired) electrons. The zero-order chi connectivity index (χ0) is 15.6. The zero-order valence-electron chi connectivity index (χ0n) is 10.5. The first kappa shape index (κ1) is 16.2. The Morgan fingerprint density at radius 3 is 2.52 bits per heavy atom. The number of halogens is 5. The number of alkyl halides is 3. The molecule has 1 atom stereocenters. The van der Waals surface area contributed by atoms with Crippen LogP contribution in [-0.4, -0.2) is 4.98 Å². The van der Waals surface area contributed by atoms with Gasteiger partial charge in [0.1, 0.15) is 0 Å². The predicted molar refractivity (Wildman–Crippen MR) is 77.6 cm³/mol. The van der Waals surface area contributed by atoms with E-state index in [1.165, 1.54) is 0 Å². The summed E-state index contributed by atoms with van der Waals surface area (Å²) < 4.78 is 40.0. The van der Waals surface area contributed by atoms with Crippen molar-refractivity contribution in [2.45, 2.75) is 12.2 Å². The van der Waals surface area contributed by atoms with Crippen LogP contribution in [0.3, 0.4) is 0 Å². The van der Waals surface area contributed by atoms with E-state index in [-0.39, 0.29) is 5.56 Å². The second-order valence-electron chi connectivity index (χ2n) is 4.23. The average molecular weight is 381 g/mol. The van der Waals surface area contributed by atoms with Crippen molar-refractivity contribution in [3.8, 4) is 0 Å². The smallest absolute Gasteiger partial charge is 0.271 e. The number of hydrogen-bond donors (Lipinski definition) is 2. The van der Waals surface area contributed by atoms with Crippen LogP contribution in [0.15, 0.2) is 41.1 Å². The topological polar surface area (TPSA) is 50.9 Å². The second-order valence-corrected chi connectivity index (χ2v) is 5.55. The van der Waals surface area contributed by atoms with Crippen molar-refractivity contribution in [3.63, 3.8) is 0 Å². The highest BCUT2D eigenvalue weighted by atomic mass is 79.9. The van der Waals surface area contributed by atoms with Crippen LogP contribution in [0.1, 0.15) is 22.7 Å². The first-order valence-electron chi connectivity index (χ1n) is 5.76. The highest BCUT2D eigenvalue weighted by Gasteiger charge is 2.35. The van der Waals surface area contributed by atoms with Gasteiger partial charge in [0, 0.05) is 27.5 Å². The fourth-order valence-corrected chi connectivity index (χ4v) is 2.76. The maximum absolute atomic E-state index is 13.1. The SMILES string of the molecule is NNC(c1ccc(Br)cc1Cl)c1cnccc1C(F)(F)F. The van der Waals surface area contributed by atoms with Crippen molar-refractivity contribution in [2.24, 2.45) is 5.84 Å². The van der Waals surface area contributed by atoms with E-state index in [4.69, 9.17) is 17.4 Å².